The van der Waals surface area contributed by atoms with Gasteiger partial charge in [0.1, 0.15) is 5.71 Å². The lowest BCUT2D eigenvalue weighted by molar-refractivity contribution is -0.102. The van der Waals surface area contributed by atoms with E-state index in [1.807, 2.05) is 18.2 Å². The third-order valence-corrected chi connectivity index (χ3v) is 4.39. The Morgan fingerprint density at radius 3 is 2.54 bits per heavy atom. The third-order valence-electron chi connectivity index (χ3n) is 4.39. The molecule has 2 aliphatic heterocycles. The van der Waals surface area contributed by atoms with Gasteiger partial charge in [-0.05, 0) is 61.0 Å². The highest BCUT2D eigenvalue weighted by Gasteiger charge is 2.13. The molecule has 0 saturated carbocycles. The van der Waals surface area contributed by atoms with Gasteiger partial charge in [0.2, 0.25) is 0 Å². The zero-order valence-electron chi connectivity index (χ0n) is 14.5. The Morgan fingerprint density at radius 2 is 1.92 bits per heavy atom. The second kappa shape index (κ2) is 8.29. The van der Waals surface area contributed by atoms with E-state index in [2.05, 4.69) is 15.2 Å². The number of nitrogens with zero attached hydrogens (tertiary/aromatic N) is 2. The van der Waals surface area contributed by atoms with E-state index in [1.165, 1.54) is 18.9 Å². The molecule has 0 aromatic heterocycles. The average molecular weight is 350 g/mol. The van der Waals surface area contributed by atoms with Crippen LogP contribution in [0.2, 0.25) is 0 Å². The van der Waals surface area contributed by atoms with Gasteiger partial charge in [0.05, 0.1) is 0 Å². The molecule has 1 amide bonds. The molecule has 3 N–H and O–H groups in total. The Bertz CT molecular complexity index is 798. The summed E-state index contributed by atoms with van der Waals surface area (Å²) >= 11 is 0. The van der Waals surface area contributed by atoms with Gasteiger partial charge in [-0.25, -0.2) is 4.99 Å². The van der Waals surface area contributed by atoms with Crippen LogP contribution in [0.25, 0.3) is 0 Å². The van der Waals surface area contributed by atoms with Crippen molar-refractivity contribution < 1.29 is 9.59 Å². The number of aliphatic imine (C=N–C) groups is 1. The molecule has 1 aromatic rings. The minimum absolute atomic E-state index is 0.00366. The summed E-state index contributed by atoms with van der Waals surface area (Å²) in [4.78, 5) is 29.8. The van der Waals surface area contributed by atoms with Crippen LogP contribution in [0.4, 0.5) is 5.69 Å². The van der Waals surface area contributed by atoms with Crippen molar-refractivity contribution in [3.05, 3.63) is 65.5 Å². The molecule has 1 aromatic carbocycles. The van der Waals surface area contributed by atoms with Crippen LogP contribution in [0.3, 0.4) is 0 Å². The normalized spacial score (nSPS) is 17.7. The van der Waals surface area contributed by atoms with Crippen molar-refractivity contribution in [2.24, 2.45) is 10.7 Å². The minimum atomic E-state index is -0.459. The molecule has 3 rings (SSSR count). The first-order valence-corrected chi connectivity index (χ1v) is 8.68. The standard InChI is InChI=1S/C20H22N4O2/c21-19(15-7-9-22-10-8-15)13-17(14-25)23-20(26)16-3-5-18(6-4-16)24-11-1-2-12-24/h3-9,13-14,22H,1-2,10-12,21H2. The van der Waals surface area contributed by atoms with Gasteiger partial charge in [-0.2, -0.15) is 0 Å². The molecule has 0 atom stereocenters. The number of rotatable bonds is 5. The van der Waals surface area contributed by atoms with E-state index < -0.39 is 5.91 Å². The lowest BCUT2D eigenvalue weighted by atomic mass is 10.1. The van der Waals surface area contributed by atoms with Gasteiger partial charge < -0.3 is 16.0 Å². The van der Waals surface area contributed by atoms with E-state index in [-0.39, 0.29) is 5.71 Å². The predicted molar refractivity (Wildman–Crippen MR) is 103 cm³/mol. The number of benzene rings is 1. The van der Waals surface area contributed by atoms with E-state index in [9.17, 15) is 9.59 Å². The summed E-state index contributed by atoms with van der Waals surface area (Å²) < 4.78 is 0. The third kappa shape index (κ3) is 4.27. The lowest BCUT2D eigenvalue weighted by Gasteiger charge is -2.17. The van der Waals surface area contributed by atoms with Crippen molar-refractivity contribution in [2.45, 2.75) is 12.8 Å². The molecule has 0 unspecified atom stereocenters. The van der Waals surface area contributed by atoms with Crippen molar-refractivity contribution in [1.82, 2.24) is 5.32 Å². The topological polar surface area (TPSA) is 87.8 Å². The number of aldehydes is 1. The second-order valence-electron chi connectivity index (χ2n) is 6.20. The maximum Gasteiger partial charge on any atom is 0.277 e. The first kappa shape index (κ1) is 17.7. The summed E-state index contributed by atoms with van der Waals surface area (Å²) in [7, 11) is 0. The predicted octanol–water partition coefficient (Wildman–Crippen LogP) is 1.95. The molecule has 134 valence electrons. The van der Waals surface area contributed by atoms with Crippen LogP contribution in [0, 0.1) is 0 Å². The molecule has 0 bridgehead atoms. The van der Waals surface area contributed by atoms with Crippen molar-refractivity contribution >= 4 is 23.6 Å². The number of amides is 1. The smallest absolute Gasteiger partial charge is 0.277 e. The quantitative estimate of drug-likeness (QED) is 0.626. The van der Waals surface area contributed by atoms with Gasteiger partial charge in [-0.15, -0.1) is 0 Å². The Hall–Kier alpha value is -3.15. The molecule has 6 heteroatoms. The molecular weight excluding hydrogens is 328 g/mol. The Kier molecular flexibility index (Phi) is 5.63. The van der Waals surface area contributed by atoms with Gasteiger partial charge in [0.15, 0.2) is 6.29 Å². The molecule has 1 saturated heterocycles. The highest BCUT2D eigenvalue weighted by Crippen LogP contribution is 2.20. The molecule has 0 radical (unpaired) electrons. The molecule has 6 nitrogen and oxygen atoms in total. The zero-order chi connectivity index (χ0) is 18.4. The molecule has 1 fully saturated rings. The van der Waals surface area contributed by atoms with Gasteiger partial charge >= 0.3 is 0 Å². The average Bonchev–Trinajstić information content (AvgIpc) is 3.23. The van der Waals surface area contributed by atoms with E-state index in [4.69, 9.17) is 5.73 Å². The van der Waals surface area contributed by atoms with Crippen LogP contribution < -0.4 is 16.0 Å². The van der Waals surface area contributed by atoms with Crippen molar-refractivity contribution in [2.75, 3.05) is 24.5 Å². The Labute approximate surface area is 152 Å². The number of hydrogen-bond acceptors (Lipinski definition) is 5. The number of anilines is 1. The number of dihydropyridines is 1. The Balaban J connectivity index is 1.74. The van der Waals surface area contributed by atoms with Crippen LogP contribution in [0.15, 0.2) is 65.0 Å². The molecule has 0 aliphatic carbocycles. The van der Waals surface area contributed by atoms with E-state index >= 15 is 0 Å². The van der Waals surface area contributed by atoms with Crippen LogP contribution in [-0.2, 0) is 4.79 Å². The fourth-order valence-corrected chi connectivity index (χ4v) is 2.98. The van der Waals surface area contributed by atoms with E-state index in [1.54, 1.807) is 24.4 Å². The maximum absolute atomic E-state index is 12.3. The van der Waals surface area contributed by atoms with Crippen LogP contribution in [-0.4, -0.2) is 37.5 Å². The van der Waals surface area contributed by atoms with Crippen LogP contribution in [0.5, 0.6) is 0 Å². The van der Waals surface area contributed by atoms with Crippen LogP contribution in [0.1, 0.15) is 23.2 Å². The maximum atomic E-state index is 12.3. The molecule has 2 heterocycles. The number of hydrogen-bond donors (Lipinski definition) is 2. The van der Waals surface area contributed by atoms with Crippen LogP contribution >= 0.6 is 0 Å². The summed E-state index contributed by atoms with van der Waals surface area (Å²) in [5, 5.41) is 3.02. The minimum Gasteiger partial charge on any atom is -0.398 e. The van der Waals surface area contributed by atoms with Gasteiger partial charge in [0, 0.05) is 36.6 Å². The number of allylic oxidation sites excluding steroid dienone is 2. The van der Waals surface area contributed by atoms with Gasteiger partial charge in [0.25, 0.3) is 5.91 Å². The second-order valence-corrected chi connectivity index (χ2v) is 6.20. The molecule has 26 heavy (non-hydrogen) atoms. The lowest BCUT2D eigenvalue weighted by Crippen LogP contribution is -2.17. The molecule has 2 aliphatic rings. The largest absolute Gasteiger partial charge is 0.398 e. The highest BCUT2D eigenvalue weighted by molar-refractivity contribution is 6.36. The SMILES string of the molecule is NC(=CC(C=O)=NC(=O)c1ccc(N2CCCC2)cc1)C1=CCNC=C1. The van der Waals surface area contributed by atoms with E-state index in [0.717, 1.165) is 24.4 Å². The summed E-state index contributed by atoms with van der Waals surface area (Å²) in [6, 6.07) is 7.33. The fourth-order valence-electron chi connectivity index (χ4n) is 2.98. The van der Waals surface area contributed by atoms with Crippen molar-refractivity contribution in [3.63, 3.8) is 0 Å². The number of nitrogens with one attached hydrogen (secondary N) is 1. The van der Waals surface area contributed by atoms with Gasteiger partial charge in [-0.3, -0.25) is 9.59 Å². The first-order valence-electron chi connectivity index (χ1n) is 8.68. The monoisotopic (exact) mass is 350 g/mol. The summed E-state index contributed by atoms with van der Waals surface area (Å²) in [5.74, 6) is -0.459. The summed E-state index contributed by atoms with van der Waals surface area (Å²) in [5.41, 5.74) is 8.73. The summed E-state index contributed by atoms with van der Waals surface area (Å²) in [6.07, 6.45) is 9.83. The summed E-state index contributed by atoms with van der Waals surface area (Å²) in [6.45, 7) is 2.76. The van der Waals surface area contributed by atoms with Gasteiger partial charge in [-0.1, -0.05) is 6.08 Å². The van der Waals surface area contributed by atoms with Crippen molar-refractivity contribution in [3.8, 4) is 0 Å². The molecular formula is C20H22N4O2. The Morgan fingerprint density at radius 1 is 1.19 bits per heavy atom. The zero-order valence-corrected chi connectivity index (χ0v) is 14.5. The molecule has 0 spiro atoms. The number of carbonyl (C=O) groups is 2. The number of nitrogens with two attached hydrogens (primary N) is 1. The highest BCUT2D eigenvalue weighted by atomic mass is 16.1. The fraction of sp³-hybridized carbons (Fsp3) is 0.250. The van der Waals surface area contributed by atoms with E-state index in [0.29, 0.717) is 24.1 Å². The van der Waals surface area contributed by atoms with Crippen molar-refractivity contribution in [1.29, 1.82) is 0 Å². The first-order chi connectivity index (χ1) is 12.7. The number of carbonyl (C=O) groups excluding carboxylic acids is 2.